The second-order valence-corrected chi connectivity index (χ2v) is 8.62. The second kappa shape index (κ2) is 10.7. The van der Waals surface area contributed by atoms with Crippen LogP contribution in [-0.4, -0.2) is 63.2 Å². The van der Waals surface area contributed by atoms with Crippen molar-refractivity contribution in [1.82, 2.24) is 19.7 Å². The monoisotopic (exact) mass is 529 g/mol. The predicted molar refractivity (Wildman–Crippen MR) is 125 cm³/mol. The number of likely N-dealkylation sites (tertiary alicyclic amines) is 1. The van der Waals surface area contributed by atoms with Gasteiger partial charge in [0.15, 0.2) is 11.5 Å². The average molecular weight is 529 g/mol. The molecule has 1 amide bonds. The summed E-state index contributed by atoms with van der Waals surface area (Å²) < 4.78 is 82.8. The van der Waals surface area contributed by atoms with Gasteiger partial charge in [-0.15, -0.1) is 0 Å². The number of amidine groups is 1. The van der Waals surface area contributed by atoms with E-state index in [4.69, 9.17) is 0 Å². The highest BCUT2D eigenvalue weighted by Gasteiger charge is 2.47. The van der Waals surface area contributed by atoms with Gasteiger partial charge in [0.2, 0.25) is 0 Å². The van der Waals surface area contributed by atoms with Gasteiger partial charge in [-0.2, -0.15) is 18.3 Å². The summed E-state index contributed by atoms with van der Waals surface area (Å²) in [6.07, 6.45) is -0.612. The van der Waals surface area contributed by atoms with Gasteiger partial charge in [0.1, 0.15) is 17.2 Å². The quantitative estimate of drug-likeness (QED) is 0.338. The van der Waals surface area contributed by atoms with Gasteiger partial charge >= 0.3 is 6.18 Å². The third kappa shape index (κ3) is 6.35. The molecule has 1 aliphatic heterocycles. The van der Waals surface area contributed by atoms with Gasteiger partial charge in [0, 0.05) is 44.7 Å². The maximum Gasteiger partial charge on any atom is 0.420 e. The molecule has 3 rings (SSSR count). The van der Waals surface area contributed by atoms with Crippen molar-refractivity contribution >= 4 is 24.3 Å². The number of hydrogen-bond donors (Lipinski definition) is 1. The Morgan fingerprint density at radius 2 is 2.08 bits per heavy atom. The molecule has 37 heavy (non-hydrogen) atoms. The maximum atomic E-state index is 14.6. The van der Waals surface area contributed by atoms with Crippen LogP contribution in [0.25, 0.3) is 0 Å². The summed E-state index contributed by atoms with van der Waals surface area (Å²) in [5.74, 6) is -6.47. The fourth-order valence-electron chi connectivity index (χ4n) is 4.11. The predicted octanol–water partition coefficient (Wildman–Crippen LogP) is 4.55. The number of pyridine rings is 1. The van der Waals surface area contributed by atoms with E-state index in [1.165, 1.54) is 31.1 Å². The largest absolute Gasteiger partial charge is 0.420 e. The van der Waals surface area contributed by atoms with Gasteiger partial charge in [0.25, 0.3) is 11.8 Å². The Hall–Kier alpha value is -3.71. The summed E-state index contributed by atoms with van der Waals surface area (Å²) in [5, 5.41) is 6.80. The molecule has 0 radical (unpaired) electrons. The van der Waals surface area contributed by atoms with E-state index < -0.39 is 54.3 Å². The molecule has 1 N–H and O–H groups in total. The Labute approximate surface area is 208 Å². The molecule has 2 atom stereocenters. The number of carbonyl (C=O) groups is 1. The minimum Gasteiger partial charge on any atom is -0.368 e. The summed E-state index contributed by atoms with van der Waals surface area (Å²) in [6, 6.07) is -0.282. The SMILES string of the molecule is C=N/C(=N\C=C/C)c1cn(C)nc1C(=O)N1CC(F)(F)C[C@@H](C)C1CNc1cc(F)c(C(F)(F)F)cn1. The van der Waals surface area contributed by atoms with E-state index in [0.717, 1.165) is 4.90 Å². The zero-order chi connectivity index (χ0) is 27.5. The highest BCUT2D eigenvalue weighted by atomic mass is 19.4. The topological polar surface area (TPSA) is 87.8 Å². The highest BCUT2D eigenvalue weighted by molar-refractivity contribution is 6.09. The Morgan fingerprint density at radius 3 is 2.68 bits per heavy atom. The van der Waals surface area contributed by atoms with Gasteiger partial charge in [-0.3, -0.25) is 9.48 Å². The van der Waals surface area contributed by atoms with Crippen molar-refractivity contribution in [1.29, 1.82) is 0 Å². The number of allylic oxidation sites excluding steroid dienone is 1. The van der Waals surface area contributed by atoms with Gasteiger partial charge in [-0.05, 0) is 19.6 Å². The van der Waals surface area contributed by atoms with Crippen LogP contribution in [0.2, 0.25) is 0 Å². The second-order valence-electron chi connectivity index (χ2n) is 8.62. The number of aliphatic imine (C=N–C) groups is 2. The van der Waals surface area contributed by atoms with E-state index in [1.807, 2.05) is 0 Å². The molecule has 3 heterocycles. The van der Waals surface area contributed by atoms with Crippen molar-refractivity contribution < 1.29 is 31.1 Å². The standard InChI is InChI=1S/C23H25F6N7O/c1-5-6-31-20(30-3)14-11-35(4)34-19(14)21(37)36-12-22(25,26)8-13(2)17(36)10-33-18-7-16(24)15(9-32-18)23(27,28)29/h5-7,9,11,13,17H,3,8,10,12H2,1-2,4H3,(H,32,33)/b6-5-,31-20-/t13-,17?/m1/s1. The molecule has 0 spiro atoms. The summed E-state index contributed by atoms with van der Waals surface area (Å²) in [7, 11) is 1.54. The smallest absolute Gasteiger partial charge is 0.368 e. The lowest BCUT2D eigenvalue weighted by Gasteiger charge is -2.43. The van der Waals surface area contributed by atoms with Gasteiger partial charge < -0.3 is 10.2 Å². The number of nitrogens with one attached hydrogen (secondary N) is 1. The molecule has 2 aromatic rings. The average Bonchev–Trinajstić information content (AvgIpc) is 3.18. The van der Waals surface area contributed by atoms with Crippen LogP contribution in [0.3, 0.4) is 0 Å². The number of hydrogen-bond acceptors (Lipinski definition) is 5. The third-order valence-corrected chi connectivity index (χ3v) is 5.76. The number of halogens is 6. The van der Waals surface area contributed by atoms with Crippen LogP contribution in [0.15, 0.2) is 40.7 Å². The van der Waals surface area contributed by atoms with Crippen LogP contribution in [-0.2, 0) is 13.2 Å². The first-order chi connectivity index (χ1) is 17.3. The zero-order valence-electron chi connectivity index (χ0n) is 20.2. The number of alkyl halides is 5. The molecular weight excluding hydrogens is 504 g/mol. The van der Waals surface area contributed by atoms with Gasteiger partial charge in [0.05, 0.1) is 18.2 Å². The number of nitrogens with zero attached hydrogens (tertiary/aromatic N) is 6. The summed E-state index contributed by atoms with van der Waals surface area (Å²) in [6.45, 7) is 5.57. The normalized spacial score (nSPS) is 20.4. The van der Waals surface area contributed by atoms with Crippen molar-refractivity contribution in [3.8, 4) is 0 Å². The van der Waals surface area contributed by atoms with Crippen LogP contribution >= 0.6 is 0 Å². The van der Waals surface area contributed by atoms with E-state index in [2.05, 4.69) is 32.1 Å². The summed E-state index contributed by atoms with van der Waals surface area (Å²) >= 11 is 0. The molecule has 2 aromatic heterocycles. The zero-order valence-corrected chi connectivity index (χ0v) is 20.2. The molecule has 1 fully saturated rings. The molecule has 1 unspecified atom stereocenters. The minimum atomic E-state index is -4.92. The number of carbonyl (C=O) groups excluding carboxylic acids is 1. The van der Waals surface area contributed by atoms with Crippen molar-refractivity contribution in [2.24, 2.45) is 23.0 Å². The van der Waals surface area contributed by atoms with Gasteiger partial charge in [-0.25, -0.2) is 28.1 Å². The van der Waals surface area contributed by atoms with Crippen molar-refractivity contribution in [3.63, 3.8) is 0 Å². The number of anilines is 1. The summed E-state index contributed by atoms with van der Waals surface area (Å²) in [4.78, 5) is 26.0. The van der Waals surface area contributed by atoms with Crippen LogP contribution < -0.4 is 5.32 Å². The van der Waals surface area contributed by atoms with Crippen LogP contribution in [0.4, 0.5) is 32.2 Å². The molecule has 0 bridgehead atoms. The first kappa shape index (κ1) is 27.9. The summed E-state index contributed by atoms with van der Waals surface area (Å²) in [5.41, 5.74) is -1.53. The van der Waals surface area contributed by atoms with Crippen molar-refractivity contribution in [2.75, 3.05) is 18.4 Å². The molecule has 200 valence electrons. The lowest BCUT2D eigenvalue weighted by Crippen LogP contribution is -2.57. The first-order valence-electron chi connectivity index (χ1n) is 11.1. The molecule has 8 nitrogen and oxygen atoms in total. The van der Waals surface area contributed by atoms with E-state index in [-0.39, 0.29) is 29.5 Å². The number of aryl methyl sites for hydroxylation is 1. The molecule has 0 aliphatic carbocycles. The Kier molecular flexibility index (Phi) is 8.08. The fraction of sp³-hybridized carbons (Fsp3) is 0.435. The van der Waals surface area contributed by atoms with Crippen molar-refractivity contribution in [2.45, 2.75) is 38.4 Å². The van der Waals surface area contributed by atoms with Crippen LogP contribution in [0.5, 0.6) is 0 Å². The van der Waals surface area contributed by atoms with E-state index in [1.54, 1.807) is 13.0 Å². The molecule has 1 saturated heterocycles. The fourth-order valence-corrected chi connectivity index (χ4v) is 4.11. The lowest BCUT2D eigenvalue weighted by molar-refractivity contribution is -0.140. The number of piperidine rings is 1. The Bertz CT molecular complexity index is 1220. The van der Waals surface area contributed by atoms with Gasteiger partial charge in [-0.1, -0.05) is 13.0 Å². The minimum absolute atomic E-state index is 0.0606. The highest BCUT2D eigenvalue weighted by Crippen LogP contribution is 2.36. The third-order valence-electron chi connectivity index (χ3n) is 5.76. The van der Waals surface area contributed by atoms with E-state index in [0.29, 0.717) is 12.3 Å². The molecule has 0 aromatic carbocycles. The number of amides is 1. The van der Waals surface area contributed by atoms with Crippen LogP contribution in [0.1, 0.15) is 41.9 Å². The Balaban J connectivity index is 1.92. The van der Waals surface area contributed by atoms with Crippen LogP contribution in [0, 0.1) is 11.7 Å². The van der Waals surface area contributed by atoms with Crippen molar-refractivity contribution in [3.05, 3.63) is 53.4 Å². The molecule has 14 heteroatoms. The lowest BCUT2D eigenvalue weighted by atomic mass is 9.88. The molecule has 0 saturated carbocycles. The first-order valence-corrected chi connectivity index (χ1v) is 11.1. The number of rotatable bonds is 6. The van der Waals surface area contributed by atoms with E-state index >= 15 is 0 Å². The molecular formula is C23H25F6N7O. The maximum absolute atomic E-state index is 14.6. The van der Waals surface area contributed by atoms with E-state index in [9.17, 15) is 31.1 Å². The Morgan fingerprint density at radius 1 is 1.38 bits per heavy atom. The molecule has 1 aliphatic rings. The number of aromatic nitrogens is 3.